The van der Waals surface area contributed by atoms with Crippen LogP contribution in [0.4, 0.5) is 0 Å². The van der Waals surface area contributed by atoms with Crippen molar-refractivity contribution in [1.29, 1.82) is 0 Å². The van der Waals surface area contributed by atoms with Crippen LogP contribution in [0.25, 0.3) is 0 Å². The molecule has 2 atom stereocenters. The van der Waals surface area contributed by atoms with Gasteiger partial charge in [-0.3, -0.25) is 10.1 Å². The Bertz CT molecular complexity index is 351. The lowest BCUT2D eigenvalue weighted by molar-refractivity contribution is -0.119. The lowest BCUT2D eigenvalue weighted by atomic mass is 10.0. The first kappa shape index (κ1) is 13.0. The van der Waals surface area contributed by atoms with Crippen molar-refractivity contribution >= 4 is 17.5 Å². The second-order valence-corrected chi connectivity index (χ2v) is 4.24. The third-order valence-electron chi connectivity index (χ3n) is 2.56. The van der Waals surface area contributed by atoms with Crippen molar-refractivity contribution in [2.45, 2.75) is 32.4 Å². The van der Waals surface area contributed by atoms with Gasteiger partial charge in [-0.25, -0.2) is 0 Å². The molecule has 0 aliphatic heterocycles. The highest BCUT2D eigenvalue weighted by molar-refractivity contribution is 6.30. The molecule has 0 aliphatic rings. The average Bonchev–Trinajstić information content (AvgIpc) is 2.26. The first-order valence-corrected chi connectivity index (χ1v) is 5.73. The Kier molecular flexibility index (Phi) is 4.77. The van der Waals surface area contributed by atoms with Crippen molar-refractivity contribution in [3.05, 3.63) is 34.9 Å². The van der Waals surface area contributed by atoms with E-state index in [9.17, 15) is 4.79 Å². The minimum atomic E-state index is -0.340. The van der Waals surface area contributed by atoms with E-state index in [4.69, 9.17) is 17.3 Å². The maximum Gasteiger partial charge on any atom is 0.234 e. The Morgan fingerprint density at radius 2 is 2.00 bits per heavy atom. The molecule has 0 spiro atoms. The van der Waals surface area contributed by atoms with Gasteiger partial charge in [-0.15, -0.1) is 0 Å². The van der Waals surface area contributed by atoms with E-state index in [-0.39, 0.29) is 18.0 Å². The number of benzene rings is 1. The van der Waals surface area contributed by atoms with Gasteiger partial charge < -0.3 is 5.73 Å². The lowest BCUT2D eigenvalue weighted by Crippen LogP contribution is -2.40. The van der Waals surface area contributed by atoms with E-state index >= 15 is 0 Å². The molecule has 0 saturated carbocycles. The minimum absolute atomic E-state index is 0.125. The van der Waals surface area contributed by atoms with Crippen LogP contribution in [0.15, 0.2) is 24.3 Å². The highest BCUT2D eigenvalue weighted by Crippen LogP contribution is 2.19. The lowest BCUT2D eigenvalue weighted by Gasteiger charge is -2.20. The van der Waals surface area contributed by atoms with Crippen LogP contribution >= 0.6 is 11.6 Å². The number of amides is 1. The van der Waals surface area contributed by atoms with Gasteiger partial charge in [-0.2, -0.15) is 0 Å². The van der Waals surface area contributed by atoms with Crippen molar-refractivity contribution in [2.75, 3.05) is 0 Å². The molecule has 0 saturated heterocycles. The van der Waals surface area contributed by atoms with Gasteiger partial charge in [-0.05, 0) is 31.0 Å². The smallest absolute Gasteiger partial charge is 0.234 e. The maximum absolute atomic E-state index is 11.0. The fourth-order valence-electron chi connectivity index (χ4n) is 1.53. The summed E-state index contributed by atoms with van der Waals surface area (Å²) in [7, 11) is 0. The highest BCUT2D eigenvalue weighted by Gasteiger charge is 2.15. The van der Waals surface area contributed by atoms with Gasteiger partial charge in [-0.1, -0.05) is 30.7 Å². The van der Waals surface area contributed by atoms with Gasteiger partial charge in [0.1, 0.15) is 0 Å². The molecule has 1 rings (SSSR count). The monoisotopic (exact) mass is 240 g/mol. The maximum atomic E-state index is 11.0. The molecule has 0 aliphatic carbocycles. The largest absolute Gasteiger partial charge is 0.368 e. The number of carbonyl (C=O) groups is 1. The van der Waals surface area contributed by atoms with E-state index in [1.165, 1.54) is 0 Å². The predicted molar refractivity (Wildman–Crippen MR) is 66.3 cm³/mol. The average molecular weight is 241 g/mol. The van der Waals surface area contributed by atoms with Crippen LogP contribution in [0.3, 0.4) is 0 Å². The highest BCUT2D eigenvalue weighted by atomic mass is 35.5. The van der Waals surface area contributed by atoms with Crippen LogP contribution < -0.4 is 11.1 Å². The summed E-state index contributed by atoms with van der Waals surface area (Å²) in [4.78, 5) is 11.0. The van der Waals surface area contributed by atoms with Crippen LogP contribution in [0.5, 0.6) is 0 Å². The Labute approximate surface area is 101 Å². The zero-order valence-corrected chi connectivity index (χ0v) is 10.3. The number of carbonyl (C=O) groups excluding carboxylic acids is 1. The van der Waals surface area contributed by atoms with E-state index in [0.717, 1.165) is 12.0 Å². The van der Waals surface area contributed by atoms with Gasteiger partial charge in [0.15, 0.2) is 0 Å². The molecule has 1 amide bonds. The molecule has 3 nitrogen and oxygen atoms in total. The van der Waals surface area contributed by atoms with Crippen LogP contribution in [-0.4, -0.2) is 11.9 Å². The summed E-state index contributed by atoms with van der Waals surface area (Å²) < 4.78 is 0. The second-order valence-electron chi connectivity index (χ2n) is 3.80. The molecule has 0 heterocycles. The third-order valence-corrected chi connectivity index (χ3v) is 2.81. The molecule has 1 aromatic rings. The van der Waals surface area contributed by atoms with E-state index in [1.807, 2.05) is 24.3 Å². The van der Waals surface area contributed by atoms with E-state index in [2.05, 4.69) is 12.2 Å². The Balaban J connectivity index is 2.74. The summed E-state index contributed by atoms with van der Waals surface area (Å²) >= 11 is 5.82. The number of nitrogens with two attached hydrogens (primary N) is 1. The summed E-state index contributed by atoms with van der Waals surface area (Å²) in [6.07, 6.45) is 0.888. The molecule has 1 aromatic carbocycles. The summed E-state index contributed by atoms with van der Waals surface area (Å²) in [6.45, 7) is 3.82. The molecule has 0 bridgehead atoms. The molecule has 3 N–H and O–H groups in total. The van der Waals surface area contributed by atoms with Crippen molar-refractivity contribution < 1.29 is 4.79 Å². The number of primary amides is 1. The summed E-state index contributed by atoms with van der Waals surface area (Å²) in [5.74, 6) is -0.340. The number of hydrogen-bond acceptors (Lipinski definition) is 2. The quantitative estimate of drug-likeness (QED) is 0.830. The van der Waals surface area contributed by atoms with Gasteiger partial charge in [0, 0.05) is 11.1 Å². The molecule has 0 aromatic heterocycles. The molecular weight excluding hydrogens is 224 g/mol. The third kappa shape index (κ3) is 3.51. The summed E-state index contributed by atoms with van der Waals surface area (Å²) in [5.41, 5.74) is 6.33. The van der Waals surface area contributed by atoms with Gasteiger partial charge in [0.25, 0.3) is 0 Å². The van der Waals surface area contributed by atoms with Crippen LogP contribution in [0.1, 0.15) is 31.9 Å². The molecular formula is C12H17ClN2O. The zero-order valence-electron chi connectivity index (χ0n) is 9.53. The van der Waals surface area contributed by atoms with Crippen molar-refractivity contribution in [1.82, 2.24) is 5.32 Å². The standard InChI is InChI=1S/C12H17ClN2O/c1-3-11(15-8(2)12(14)16)9-4-6-10(13)7-5-9/h4-8,11,15H,3H2,1-2H3,(H2,14,16). The zero-order chi connectivity index (χ0) is 12.1. The molecule has 0 radical (unpaired) electrons. The first-order chi connectivity index (χ1) is 7.54. The Morgan fingerprint density at radius 1 is 1.44 bits per heavy atom. The van der Waals surface area contributed by atoms with E-state index in [1.54, 1.807) is 6.92 Å². The fourth-order valence-corrected chi connectivity index (χ4v) is 1.65. The molecule has 2 unspecified atom stereocenters. The minimum Gasteiger partial charge on any atom is -0.368 e. The topological polar surface area (TPSA) is 55.1 Å². The number of halogens is 1. The van der Waals surface area contributed by atoms with Gasteiger partial charge >= 0.3 is 0 Å². The van der Waals surface area contributed by atoms with Crippen molar-refractivity contribution in [3.63, 3.8) is 0 Å². The number of rotatable bonds is 5. The van der Waals surface area contributed by atoms with Crippen LogP contribution in [0.2, 0.25) is 5.02 Å². The van der Waals surface area contributed by atoms with Gasteiger partial charge in [0.2, 0.25) is 5.91 Å². The van der Waals surface area contributed by atoms with E-state index in [0.29, 0.717) is 5.02 Å². The second kappa shape index (κ2) is 5.87. The molecule has 4 heteroatoms. The van der Waals surface area contributed by atoms with Crippen molar-refractivity contribution in [2.24, 2.45) is 5.73 Å². The molecule has 88 valence electrons. The fraction of sp³-hybridized carbons (Fsp3) is 0.417. The Hall–Kier alpha value is -1.06. The van der Waals surface area contributed by atoms with Crippen molar-refractivity contribution in [3.8, 4) is 0 Å². The van der Waals surface area contributed by atoms with Crippen LogP contribution in [-0.2, 0) is 4.79 Å². The van der Waals surface area contributed by atoms with Crippen LogP contribution in [0, 0.1) is 0 Å². The molecule has 0 fully saturated rings. The van der Waals surface area contributed by atoms with E-state index < -0.39 is 0 Å². The first-order valence-electron chi connectivity index (χ1n) is 5.35. The normalized spacial score (nSPS) is 14.4. The number of nitrogens with one attached hydrogen (secondary N) is 1. The Morgan fingerprint density at radius 3 is 2.44 bits per heavy atom. The summed E-state index contributed by atoms with van der Waals surface area (Å²) in [5, 5.41) is 3.89. The predicted octanol–water partition coefficient (Wildman–Crippen LogP) is 2.25. The van der Waals surface area contributed by atoms with Gasteiger partial charge in [0.05, 0.1) is 6.04 Å². The number of hydrogen-bond donors (Lipinski definition) is 2. The molecule has 16 heavy (non-hydrogen) atoms. The SMILES string of the molecule is CCC(NC(C)C(N)=O)c1ccc(Cl)cc1. The summed E-state index contributed by atoms with van der Waals surface area (Å²) in [6, 6.07) is 7.39.